The number of phosphoric acid groups is 2. The molecule has 1 saturated heterocycles. The van der Waals surface area contributed by atoms with Crippen LogP contribution in [0, 0.1) is 0 Å². The van der Waals surface area contributed by atoms with E-state index in [4.69, 9.17) is 14.0 Å². The summed E-state index contributed by atoms with van der Waals surface area (Å²) in [4.78, 5) is 40.0. The van der Waals surface area contributed by atoms with Gasteiger partial charge in [0, 0.05) is 28.7 Å². The molecule has 0 bridgehead atoms. The number of hydrogen-bond donors (Lipinski definition) is 0. The van der Waals surface area contributed by atoms with Gasteiger partial charge >= 0.3 is 0 Å². The average Bonchev–Trinajstić information content (AvgIpc) is 2.84. The number of methoxy groups -OCH3 is 1. The monoisotopic (exact) mass is 586 g/mol. The van der Waals surface area contributed by atoms with Crippen molar-refractivity contribution in [1.29, 1.82) is 0 Å². The predicted molar refractivity (Wildman–Crippen MR) is 129 cm³/mol. The van der Waals surface area contributed by atoms with Crippen LogP contribution in [0.4, 0.5) is 0 Å². The van der Waals surface area contributed by atoms with Gasteiger partial charge in [0.25, 0.3) is 7.82 Å². The van der Waals surface area contributed by atoms with Crippen LogP contribution in [-0.4, -0.2) is 38.7 Å². The second-order valence-electron chi connectivity index (χ2n) is 5.59. The van der Waals surface area contributed by atoms with Crippen LogP contribution in [-0.2, 0) is 36.3 Å². The van der Waals surface area contributed by atoms with Crippen molar-refractivity contribution in [3.05, 3.63) is 0 Å². The van der Waals surface area contributed by atoms with Gasteiger partial charge < -0.3 is 42.7 Å². The Balaban J connectivity index is -0.000000125. The lowest BCUT2D eigenvalue weighted by molar-refractivity contribution is -0.339. The quantitative estimate of drug-likeness (QED) is 0.284. The molecule has 0 saturated carbocycles. The van der Waals surface area contributed by atoms with Crippen LogP contribution in [0.2, 0.25) is 0 Å². The van der Waals surface area contributed by atoms with Gasteiger partial charge in [0.1, 0.15) is 13.7 Å². The minimum Gasteiger partial charge on any atom is -0.790 e. The van der Waals surface area contributed by atoms with E-state index in [2.05, 4.69) is 38.3 Å². The summed E-state index contributed by atoms with van der Waals surface area (Å²) in [6.45, 7) is 7.36. The SMILES string of the molecule is C.C.C.CCC.COC1C[C@H](C)O[C@@H]1COPPP.CP(=O)([O-])OP(=O)([O-])OP(=O)([O-])[O-]. The molecule has 0 aromatic carbocycles. The Hall–Kier alpha value is 1.62. The molecule has 0 spiro atoms. The zero-order valence-electron chi connectivity index (χ0n) is 16.7. The standard InChI is InChI=1S/C7H17O3P3.C3H8.CH7O9P3.3CH4/c1-5-3-6(8-2)7(10-5)4-9-12-13-11;1-3-2;1-11(2,3)9-13(7,8)10-12(4,5)6;;;/h5-7,12-13H,3-4,11H2,1-2H3;3H2,1-2H3;1H3,(H,2,3)(H,7,8)(H2,4,5,6);3*1H4/p-4/t5-,6?,7+;;;;;/m0...../s1. The summed E-state index contributed by atoms with van der Waals surface area (Å²) >= 11 is 0. The van der Waals surface area contributed by atoms with Gasteiger partial charge in [-0.3, -0.25) is 13.2 Å². The number of ether oxygens (including phenoxy) is 2. The summed E-state index contributed by atoms with van der Waals surface area (Å²) in [6, 6.07) is 0. The Bertz CT molecular complexity index is 540. The van der Waals surface area contributed by atoms with Crippen molar-refractivity contribution in [3.8, 4) is 0 Å². The van der Waals surface area contributed by atoms with Crippen molar-refractivity contribution < 1.29 is 55.9 Å². The van der Waals surface area contributed by atoms with Crippen molar-refractivity contribution in [2.75, 3.05) is 20.4 Å². The van der Waals surface area contributed by atoms with Crippen LogP contribution in [0.3, 0.4) is 0 Å². The van der Waals surface area contributed by atoms with Crippen molar-refractivity contribution in [2.45, 2.75) is 74.2 Å². The average molecular weight is 586 g/mol. The van der Waals surface area contributed by atoms with E-state index in [1.165, 1.54) is 6.42 Å². The molecule has 0 radical (unpaired) electrons. The molecule has 1 aliphatic rings. The highest BCUT2D eigenvalue weighted by molar-refractivity contribution is 8.37. The lowest BCUT2D eigenvalue weighted by Crippen LogP contribution is -2.27. The molecule has 12 nitrogen and oxygen atoms in total. The maximum atomic E-state index is 10.3. The molecule has 0 aliphatic carbocycles. The lowest BCUT2D eigenvalue weighted by atomic mass is 10.1. The third kappa shape index (κ3) is 27.9. The van der Waals surface area contributed by atoms with E-state index in [-0.39, 0.29) is 34.5 Å². The molecular formula is C14H40O12P6-4. The molecule has 0 aromatic heterocycles. The maximum absolute atomic E-state index is 10.3. The molecule has 1 aliphatic heterocycles. The smallest absolute Gasteiger partial charge is 0.276 e. The van der Waals surface area contributed by atoms with Crippen LogP contribution in [0.5, 0.6) is 0 Å². The van der Waals surface area contributed by atoms with Crippen LogP contribution in [0.1, 0.15) is 55.9 Å². The second kappa shape index (κ2) is 21.9. The second-order valence-corrected chi connectivity index (χ2v) is 15.1. The Kier molecular flexibility index (Phi) is 29.8. The Morgan fingerprint density at radius 1 is 1.06 bits per heavy atom. The lowest BCUT2D eigenvalue weighted by Gasteiger charge is -2.37. The molecule has 202 valence electrons. The van der Waals surface area contributed by atoms with E-state index < -0.39 is 23.2 Å². The molecule has 1 heterocycles. The minimum atomic E-state index is -5.83. The minimum absolute atomic E-state index is 0. The number of hydrogen-bond acceptors (Lipinski definition) is 12. The van der Waals surface area contributed by atoms with E-state index in [1.54, 1.807) is 7.11 Å². The summed E-state index contributed by atoms with van der Waals surface area (Å²) in [7, 11) is -10.4. The van der Waals surface area contributed by atoms with Crippen LogP contribution < -0.4 is 19.6 Å². The highest BCUT2D eigenvalue weighted by Crippen LogP contribution is 2.58. The third-order valence-corrected chi connectivity index (χ3v) is 8.38. The molecule has 18 heteroatoms. The predicted octanol–water partition coefficient (Wildman–Crippen LogP) is 3.00. The van der Waals surface area contributed by atoms with Crippen LogP contribution in [0.15, 0.2) is 0 Å². The van der Waals surface area contributed by atoms with E-state index in [0.29, 0.717) is 27.9 Å². The van der Waals surface area contributed by atoms with Gasteiger partial charge in [-0.15, -0.1) is 8.93 Å². The molecule has 32 heavy (non-hydrogen) atoms. The first-order valence-corrected chi connectivity index (χ1v) is 17.8. The largest absolute Gasteiger partial charge is 0.790 e. The molecule has 1 rings (SSSR count). The first-order chi connectivity index (χ1) is 13.1. The summed E-state index contributed by atoms with van der Waals surface area (Å²) in [5, 5.41) is 0. The van der Waals surface area contributed by atoms with Gasteiger partial charge in [0.15, 0.2) is 0 Å². The summed E-state index contributed by atoms with van der Waals surface area (Å²) in [5.74, 6) is 0. The molecule has 0 aromatic rings. The Labute approximate surface area is 199 Å². The highest BCUT2D eigenvalue weighted by atomic mass is 32.4. The van der Waals surface area contributed by atoms with Gasteiger partial charge in [0.05, 0.1) is 26.6 Å². The van der Waals surface area contributed by atoms with Gasteiger partial charge in [0.2, 0.25) is 0 Å². The fraction of sp³-hybridized carbons (Fsp3) is 1.00. The molecular weight excluding hydrogens is 546 g/mol. The van der Waals surface area contributed by atoms with E-state index in [1.807, 2.05) is 0 Å². The Morgan fingerprint density at radius 2 is 1.53 bits per heavy atom. The van der Waals surface area contributed by atoms with Crippen molar-refractivity contribution >= 4 is 48.6 Å². The summed E-state index contributed by atoms with van der Waals surface area (Å²) < 4.78 is 52.7. The van der Waals surface area contributed by atoms with E-state index in [0.717, 1.165) is 14.4 Å². The van der Waals surface area contributed by atoms with Gasteiger partial charge in [-0.1, -0.05) is 50.5 Å². The molecule has 0 amide bonds. The zero-order chi connectivity index (χ0) is 23.3. The van der Waals surface area contributed by atoms with Crippen molar-refractivity contribution in [3.63, 3.8) is 0 Å². The maximum Gasteiger partial charge on any atom is 0.276 e. The van der Waals surface area contributed by atoms with Crippen LogP contribution >= 0.6 is 48.6 Å². The normalized spacial score (nSPS) is 24.0. The fourth-order valence-electron chi connectivity index (χ4n) is 1.80. The first kappa shape index (κ1) is 43.7. The topological polar surface area (TPSA) is 190 Å². The molecule has 8 atom stereocenters. The van der Waals surface area contributed by atoms with Crippen molar-refractivity contribution in [1.82, 2.24) is 0 Å². The van der Waals surface area contributed by atoms with Gasteiger partial charge in [-0.05, 0) is 6.92 Å². The van der Waals surface area contributed by atoms with E-state index in [9.17, 15) is 33.3 Å². The third-order valence-electron chi connectivity index (χ3n) is 2.52. The first-order valence-electron chi connectivity index (χ1n) is 8.15. The zero-order valence-corrected chi connectivity index (χ0v) is 22.5. The molecule has 0 N–H and O–H groups in total. The van der Waals surface area contributed by atoms with Crippen LogP contribution in [0.25, 0.3) is 0 Å². The summed E-state index contributed by atoms with van der Waals surface area (Å²) in [5.41, 5.74) is 0. The van der Waals surface area contributed by atoms with Gasteiger partial charge in [-0.25, -0.2) is 0 Å². The number of rotatable bonds is 9. The van der Waals surface area contributed by atoms with Gasteiger partial charge in [-0.2, -0.15) is 0 Å². The molecule has 1 fully saturated rings. The Morgan fingerprint density at radius 3 is 1.88 bits per heavy atom. The summed E-state index contributed by atoms with van der Waals surface area (Å²) in [6.07, 6.45) is 2.89. The van der Waals surface area contributed by atoms with Crippen molar-refractivity contribution in [2.24, 2.45) is 0 Å². The van der Waals surface area contributed by atoms with E-state index >= 15 is 0 Å². The molecule has 6 unspecified atom stereocenters. The highest BCUT2D eigenvalue weighted by Gasteiger charge is 2.32. The fourth-order valence-corrected chi connectivity index (χ4v) is 6.20.